The molecule has 3 fully saturated rings. The molecule has 162 valence electrons. The molecule has 8 nitrogen and oxygen atoms in total. The molecular weight excluding hydrogens is 414 g/mol. The van der Waals surface area contributed by atoms with Crippen LogP contribution in [0.15, 0.2) is 12.4 Å². The molecule has 3 aliphatic rings. The van der Waals surface area contributed by atoms with Crippen molar-refractivity contribution in [3.8, 4) is 0 Å². The van der Waals surface area contributed by atoms with Gasteiger partial charge in [0.1, 0.15) is 0 Å². The lowest BCUT2D eigenvalue weighted by molar-refractivity contribution is -0.0227. The van der Waals surface area contributed by atoms with Crippen LogP contribution in [0.3, 0.4) is 0 Å². The van der Waals surface area contributed by atoms with Gasteiger partial charge in [-0.15, -0.1) is 0 Å². The van der Waals surface area contributed by atoms with Crippen molar-refractivity contribution in [2.45, 2.75) is 44.2 Å². The summed E-state index contributed by atoms with van der Waals surface area (Å²) in [6.07, 6.45) is 7.41. The Labute approximate surface area is 177 Å². The van der Waals surface area contributed by atoms with Gasteiger partial charge in [-0.2, -0.15) is 4.31 Å². The summed E-state index contributed by atoms with van der Waals surface area (Å²) in [4.78, 5) is 10.8. The second kappa shape index (κ2) is 8.26. The molecule has 29 heavy (non-hydrogen) atoms. The molecule has 0 spiro atoms. The van der Waals surface area contributed by atoms with Crippen LogP contribution in [0.25, 0.3) is 0 Å². The molecule has 1 saturated carbocycles. The molecule has 2 saturated heterocycles. The van der Waals surface area contributed by atoms with E-state index in [1.54, 1.807) is 19.3 Å². The van der Waals surface area contributed by atoms with Gasteiger partial charge in [0, 0.05) is 38.3 Å². The van der Waals surface area contributed by atoms with E-state index in [9.17, 15) is 8.42 Å². The lowest BCUT2D eigenvalue weighted by Crippen LogP contribution is -2.55. The van der Waals surface area contributed by atoms with Crippen LogP contribution in [0.1, 0.15) is 32.6 Å². The highest BCUT2D eigenvalue weighted by atomic mass is 35.5. The van der Waals surface area contributed by atoms with Crippen molar-refractivity contribution in [1.82, 2.24) is 14.3 Å². The maximum Gasteiger partial charge on any atom is 0.225 e. The van der Waals surface area contributed by atoms with Crippen LogP contribution in [0.2, 0.25) is 5.02 Å². The minimum Gasteiger partial charge on any atom is -0.375 e. The number of halogens is 1. The number of ether oxygens (including phenoxy) is 1. The first-order valence-electron chi connectivity index (χ1n) is 10.4. The molecule has 0 amide bonds. The van der Waals surface area contributed by atoms with Crippen LogP contribution >= 0.6 is 11.6 Å². The fourth-order valence-electron chi connectivity index (χ4n) is 4.62. The number of sulfonamides is 1. The van der Waals surface area contributed by atoms with E-state index < -0.39 is 10.0 Å². The Balaban J connectivity index is 1.16. The van der Waals surface area contributed by atoms with Crippen molar-refractivity contribution in [1.29, 1.82) is 0 Å². The van der Waals surface area contributed by atoms with E-state index in [0.29, 0.717) is 36.6 Å². The summed E-state index contributed by atoms with van der Waals surface area (Å²) in [6.45, 7) is 5.13. The molecular formula is C19H30ClN5O3S. The number of hydrogen-bond donors (Lipinski definition) is 1. The largest absolute Gasteiger partial charge is 0.375 e. The van der Waals surface area contributed by atoms with E-state index in [4.69, 9.17) is 22.1 Å². The summed E-state index contributed by atoms with van der Waals surface area (Å²) in [6, 6.07) is 0. The van der Waals surface area contributed by atoms with Gasteiger partial charge in [0.2, 0.25) is 16.0 Å². The molecule has 3 heterocycles. The van der Waals surface area contributed by atoms with Gasteiger partial charge in [-0.25, -0.2) is 18.4 Å². The molecule has 2 N–H and O–H groups in total. The number of hydrogen-bond acceptors (Lipinski definition) is 7. The molecule has 4 rings (SSSR count). The van der Waals surface area contributed by atoms with Crippen molar-refractivity contribution in [3.05, 3.63) is 17.4 Å². The zero-order chi connectivity index (χ0) is 20.6. The zero-order valence-corrected chi connectivity index (χ0v) is 18.4. The van der Waals surface area contributed by atoms with E-state index in [1.807, 2.05) is 0 Å². The van der Waals surface area contributed by atoms with Crippen molar-refractivity contribution in [3.63, 3.8) is 0 Å². The highest BCUT2D eigenvalue weighted by molar-refractivity contribution is 7.89. The Morgan fingerprint density at radius 3 is 2.55 bits per heavy atom. The number of anilines is 1. The molecule has 0 radical (unpaired) electrons. The first-order valence-corrected chi connectivity index (χ1v) is 12.4. The van der Waals surface area contributed by atoms with E-state index in [2.05, 4.69) is 14.9 Å². The summed E-state index contributed by atoms with van der Waals surface area (Å²) in [5.74, 6) is 1.91. The molecule has 2 aliphatic heterocycles. The van der Waals surface area contributed by atoms with E-state index in [-0.39, 0.29) is 17.4 Å². The quantitative estimate of drug-likeness (QED) is 0.649. The predicted molar refractivity (Wildman–Crippen MR) is 112 cm³/mol. The summed E-state index contributed by atoms with van der Waals surface area (Å²) in [5, 5.41) is 0.550. The van der Waals surface area contributed by atoms with Crippen molar-refractivity contribution < 1.29 is 13.2 Å². The van der Waals surface area contributed by atoms with E-state index >= 15 is 0 Å². The fourth-order valence-corrected chi connectivity index (χ4v) is 5.87. The normalized spacial score (nSPS) is 29.1. The number of aromatic nitrogens is 2. The van der Waals surface area contributed by atoms with Gasteiger partial charge in [-0.1, -0.05) is 11.6 Å². The smallest absolute Gasteiger partial charge is 0.225 e. The number of piperidine rings is 1. The molecule has 0 aromatic carbocycles. The molecule has 10 heteroatoms. The average Bonchev–Trinajstić information content (AvgIpc) is 3.35. The van der Waals surface area contributed by atoms with E-state index in [0.717, 1.165) is 44.7 Å². The summed E-state index contributed by atoms with van der Waals surface area (Å²) in [7, 11) is -3.07. The van der Waals surface area contributed by atoms with Crippen LogP contribution in [0.5, 0.6) is 0 Å². The average molecular weight is 444 g/mol. The fraction of sp³-hybridized carbons (Fsp3) is 0.789. The maximum atomic E-state index is 11.7. The molecule has 0 unspecified atom stereocenters. The second-order valence-corrected chi connectivity index (χ2v) is 11.2. The Bertz CT molecular complexity index is 810. The lowest BCUT2D eigenvalue weighted by atomic mass is 9.86. The van der Waals surface area contributed by atoms with Crippen LogP contribution < -0.4 is 10.6 Å². The molecule has 2 atom stereocenters. The molecule has 0 bridgehead atoms. The van der Waals surface area contributed by atoms with Crippen LogP contribution in [0.4, 0.5) is 5.95 Å². The number of nitrogens with two attached hydrogens (primary N) is 1. The third-order valence-electron chi connectivity index (χ3n) is 6.74. The highest BCUT2D eigenvalue weighted by Gasteiger charge is 2.55. The minimum absolute atomic E-state index is 0.0323. The van der Waals surface area contributed by atoms with Crippen molar-refractivity contribution in [2.24, 2.45) is 17.6 Å². The predicted octanol–water partition coefficient (Wildman–Crippen LogP) is 1.50. The van der Waals surface area contributed by atoms with Crippen molar-refractivity contribution >= 4 is 27.6 Å². The first kappa shape index (κ1) is 21.2. The summed E-state index contributed by atoms with van der Waals surface area (Å²) >= 11 is 5.87. The zero-order valence-electron chi connectivity index (χ0n) is 16.8. The van der Waals surface area contributed by atoms with Crippen LogP contribution in [-0.4, -0.2) is 72.9 Å². The monoisotopic (exact) mass is 443 g/mol. The minimum atomic E-state index is -3.07. The standard InChI is InChI=1S/C19H30ClN5O3S/c1-2-29(26,27)25-12-17(13-25)28-8-5-15-9-19(15,21)14-3-6-24(7-4-14)18-22-10-16(20)11-23-18/h10-11,14-15,17H,2-9,12-13,21H2,1H3/t15-,19+/m1/s1. The van der Waals surface area contributed by atoms with Crippen LogP contribution in [-0.2, 0) is 14.8 Å². The first-order chi connectivity index (χ1) is 13.8. The van der Waals surface area contributed by atoms with Gasteiger partial charge < -0.3 is 15.4 Å². The molecule has 1 aromatic heterocycles. The number of nitrogens with zero attached hydrogens (tertiary/aromatic N) is 4. The Kier molecular flexibility index (Phi) is 6.05. The Hall–Kier alpha value is -1.00. The molecule has 1 aromatic rings. The van der Waals surface area contributed by atoms with Gasteiger partial charge in [-0.3, -0.25) is 0 Å². The summed E-state index contributed by atoms with van der Waals surface area (Å²) < 4.78 is 30.9. The Morgan fingerprint density at radius 1 is 1.28 bits per heavy atom. The highest BCUT2D eigenvalue weighted by Crippen LogP contribution is 2.52. The van der Waals surface area contributed by atoms with E-state index in [1.165, 1.54) is 4.31 Å². The second-order valence-electron chi connectivity index (χ2n) is 8.48. The SMILES string of the molecule is CCS(=O)(=O)N1CC(OCC[C@@H]2C[C@]2(N)C2CCN(c3ncc(Cl)cn3)CC2)C1. The van der Waals surface area contributed by atoms with Gasteiger partial charge >= 0.3 is 0 Å². The third kappa shape index (κ3) is 4.54. The topological polar surface area (TPSA) is 102 Å². The van der Waals surface area contributed by atoms with Crippen LogP contribution in [0, 0.1) is 11.8 Å². The van der Waals surface area contributed by atoms with Gasteiger partial charge in [0.05, 0.1) is 29.3 Å². The summed E-state index contributed by atoms with van der Waals surface area (Å²) in [5.41, 5.74) is 6.64. The van der Waals surface area contributed by atoms with Gasteiger partial charge in [-0.05, 0) is 44.4 Å². The molecule has 1 aliphatic carbocycles. The van der Waals surface area contributed by atoms with Crippen molar-refractivity contribution in [2.75, 3.05) is 43.4 Å². The van der Waals surface area contributed by atoms with Gasteiger partial charge in [0.25, 0.3) is 0 Å². The maximum absolute atomic E-state index is 11.7. The Morgan fingerprint density at radius 2 is 1.93 bits per heavy atom. The van der Waals surface area contributed by atoms with Gasteiger partial charge in [0.15, 0.2) is 0 Å². The lowest BCUT2D eigenvalue weighted by Gasteiger charge is -2.37. The number of rotatable bonds is 8. The third-order valence-corrected chi connectivity index (χ3v) is 8.75.